The maximum Gasteiger partial charge on any atom is 2.00 e. The first-order valence-electron chi connectivity index (χ1n) is 2.42. The summed E-state index contributed by atoms with van der Waals surface area (Å²) >= 11 is 0. The molecule has 0 saturated carbocycles. The summed E-state index contributed by atoms with van der Waals surface area (Å²) in [7, 11) is 14.5. The molecule has 0 aliphatic carbocycles. The predicted molar refractivity (Wildman–Crippen MR) is 38.1 cm³/mol. The maximum absolute atomic E-state index is 3.47. The van der Waals surface area contributed by atoms with Gasteiger partial charge in [0.05, 0.1) is 0 Å². The Kier molecular flexibility index (Phi) is 20.3. The van der Waals surface area contributed by atoms with Crippen LogP contribution >= 0.6 is 0 Å². The van der Waals surface area contributed by atoms with Crippen LogP contribution in [0.3, 0.4) is 0 Å². The normalized spacial score (nSPS) is 8.00. The van der Waals surface area contributed by atoms with Gasteiger partial charge in [-0.3, -0.25) is 14.1 Å². The molecule has 0 N–H and O–H groups in total. The molecule has 1 radical (unpaired) electrons. The van der Waals surface area contributed by atoms with Crippen molar-refractivity contribution in [3.63, 3.8) is 0 Å². The molecule has 0 bridgehead atoms. The van der Waals surface area contributed by atoms with Gasteiger partial charge in [-0.15, -0.1) is 0 Å². The van der Waals surface area contributed by atoms with Crippen molar-refractivity contribution in [2.24, 2.45) is 0 Å². The fourth-order valence-corrected chi connectivity index (χ4v) is 0. The quantitative estimate of drug-likeness (QED) is 0.399. The molecule has 0 unspecified atom stereocenters. The smallest absolute Gasteiger partial charge is 0.464 e. The minimum atomic E-state index is 0. The number of rotatable bonds is 0. The molecule has 0 aliphatic rings. The standard InChI is InChI=1S/2C3H8N.Cu/c2*1-4(2)3;/h2*1H2,2-3H3;/q2*-1;+2. The van der Waals surface area contributed by atoms with E-state index in [0.29, 0.717) is 0 Å². The topological polar surface area (TPSA) is 6.48 Å². The second-order valence-corrected chi connectivity index (χ2v) is 2.16. The Morgan fingerprint density at radius 1 is 0.778 bits per heavy atom. The Bertz CT molecular complexity index is 26.5. The van der Waals surface area contributed by atoms with Crippen LogP contribution in [0.25, 0.3) is 0 Å². The summed E-state index contributed by atoms with van der Waals surface area (Å²) in [6.45, 7) is 0. The van der Waals surface area contributed by atoms with Gasteiger partial charge in [0.2, 0.25) is 0 Å². The van der Waals surface area contributed by atoms with Crippen molar-refractivity contribution >= 4 is 0 Å². The van der Waals surface area contributed by atoms with E-state index in [1.165, 1.54) is 0 Å². The van der Waals surface area contributed by atoms with Crippen LogP contribution in [0.1, 0.15) is 0 Å². The van der Waals surface area contributed by atoms with Crippen molar-refractivity contribution in [1.29, 1.82) is 0 Å². The zero-order valence-corrected chi connectivity index (χ0v) is 7.55. The second kappa shape index (κ2) is 11.3. The first-order chi connectivity index (χ1) is 3.46. The van der Waals surface area contributed by atoms with E-state index in [4.69, 9.17) is 0 Å². The molecule has 0 aromatic rings. The largest absolute Gasteiger partial charge is 2.00 e. The molecule has 0 aliphatic heterocycles. The van der Waals surface area contributed by atoms with E-state index in [-0.39, 0.29) is 17.1 Å². The van der Waals surface area contributed by atoms with Crippen LogP contribution in [-0.4, -0.2) is 38.0 Å². The van der Waals surface area contributed by atoms with Crippen molar-refractivity contribution in [3.8, 4) is 0 Å². The SMILES string of the molecule is [CH2-]N(C)C.[CH2-]N(C)C.[Cu+2]. The zero-order valence-electron chi connectivity index (χ0n) is 6.61. The van der Waals surface area contributed by atoms with Gasteiger partial charge in [0.1, 0.15) is 0 Å². The molecule has 9 heavy (non-hydrogen) atoms. The van der Waals surface area contributed by atoms with Gasteiger partial charge in [-0.2, -0.15) is 0 Å². The predicted octanol–water partition coefficient (Wildman–Crippen LogP) is 0.677. The molecule has 0 aromatic heterocycles. The summed E-state index contributed by atoms with van der Waals surface area (Å²) in [5, 5.41) is 0. The molecule has 0 spiro atoms. The molecule has 2 nitrogen and oxygen atoms in total. The van der Waals surface area contributed by atoms with E-state index >= 15 is 0 Å². The molecular weight excluding hydrogens is 164 g/mol. The Morgan fingerprint density at radius 3 is 0.778 bits per heavy atom. The summed E-state index contributed by atoms with van der Waals surface area (Å²) in [4.78, 5) is 3.50. The summed E-state index contributed by atoms with van der Waals surface area (Å²) in [6, 6.07) is 0. The van der Waals surface area contributed by atoms with E-state index in [0.717, 1.165) is 0 Å². The van der Waals surface area contributed by atoms with Crippen LogP contribution in [0, 0.1) is 14.1 Å². The first-order valence-corrected chi connectivity index (χ1v) is 2.42. The number of nitrogens with zero attached hydrogens (tertiary/aromatic N) is 2. The summed E-state index contributed by atoms with van der Waals surface area (Å²) in [6.07, 6.45) is 0. The van der Waals surface area contributed by atoms with E-state index in [1.807, 2.05) is 28.2 Å². The van der Waals surface area contributed by atoms with Gasteiger partial charge >= 0.3 is 17.1 Å². The van der Waals surface area contributed by atoms with Gasteiger partial charge in [0, 0.05) is 0 Å². The van der Waals surface area contributed by atoms with Crippen molar-refractivity contribution in [2.75, 3.05) is 28.2 Å². The molecule has 0 atom stereocenters. The number of hydrogen-bond acceptors (Lipinski definition) is 2. The van der Waals surface area contributed by atoms with E-state index in [1.54, 1.807) is 9.80 Å². The Hall–Kier alpha value is 0.439. The van der Waals surface area contributed by atoms with Crippen LogP contribution in [0.5, 0.6) is 0 Å². The van der Waals surface area contributed by atoms with Gasteiger partial charge in [-0.25, -0.2) is 0 Å². The minimum Gasteiger partial charge on any atom is -0.464 e. The molecule has 0 fully saturated rings. The van der Waals surface area contributed by atoms with E-state index < -0.39 is 0 Å². The third-order valence-electron chi connectivity index (χ3n) is 0. The Labute approximate surface area is 69.7 Å². The van der Waals surface area contributed by atoms with Gasteiger partial charge in [-0.05, 0) is 28.2 Å². The fourth-order valence-electron chi connectivity index (χ4n) is 0. The van der Waals surface area contributed by atoms with Crippen molar-refractivity contribution in [1.82, 2.24) is 9.80 Å². The summed E-state index contributed by atoms with van der Waals surface area (Å²) in [5.41, 5.74) is 0. The van der Waals surface area contributed by atoms with Gasteiger partial charge < -0.3 is 9.80 Å². The monoisotopic (exact) mass is 179 g/mol. The molecular formula is C6H16CuN2. The summed E-state index contributed by atoms with van der Waals surface area (Å²) < 4.78 is 0. The molecule has 0 heterocycles. The Morgan fingerprint density at radius 2 is 0.778 bits per heavy atom. The third-order valence-corrected chi connectivity index (χ3v) is 0. The van der Waals surface area contributed by atoms with Gasteiger partial charge in [0.25, 0.3) is 0 Å². The first kappa shape index (κ1) is 16.2. The van der Waals surface area contributed by atoms with Crippen molar-refractivity contribution < 1.29 is 17.1 Å². The molecule has 61 valence electrons. The van der Waals surface area contributed by atoms with Crippen LogP contribution in [0.4, 0.5) is 0 Å². The average molecular weight is 180 g/mol. The average Bonchev–Trinajstić information content (AvgIpc) is 1.25. The molecule has 0 rings (SSSR count). The molecule has 0 saturated heterocycles. The third kappa shape index (κ3) is 1810. The maximum atomic E-state index is 3.47. The molecule has 0 aromatic carbocycles. The fraction of sp³-hybridized carbons (Fsp3) is 0.667. The second-order valence-electron chi connectivity index (χ2n) is 2.16. The van der Waals surface area contributed by atoms with Crippen LogP contribution in [0.15, 0.2) is 0 Å². The van der Waals surface area contributed by atoms with Crippen molar-refractivity contribution in [2.45, 2.75) is 0 Å². The van der Waals surface area contributed by atoms with Crippen LogP contribution < -0.4 is 0 Å². The van der Waals surface area contributed by atoms with Crippen molar-refractivity contribution in [3.05, 3.63) is 14.1 Å². The minimum absolute atomic E-state index is 0. The zero-order chi connectivity index (χ0) is 7.15. The van der Waals surface area contributed by atoms with E-state index in [2.05, 4.69) is 14.1 Å². The summed E-state index contributed by atoms with van der Waals surface area (Å²) in [5.74, 6) is 0. The van der Waals surface area contributed by atoms with Gasteiger partial charge in [-0.1, -0.05) is 0 Å². The van der Waals surface area contributed by atoms with Crippen LogP contribution in [0.2, 0.25) is 0 Å². The molecule has 0 amide bonds. The molecule has 3 heteroatoms. The van der Waals surface area contributed by atoms with Crippen LogP contribution in [-0.2, 0) is 17.1 Å². The van der Waals surface area contributed by atoms with Gasteiger partial charge in [0.15, 0.2) is 0 Å². The Balaban J connectivity index is -0.0000000720. The number of hydrogen-bond donors (Lipinski definition) is 0. The van der Waals surface area contributed by atoms with E-state index in [9.17, 15) is 0 Å².